The molecule has 4 heteroatoms. The fraction of sp³-hybridized carbons (Fsp3) is 0.0625. The van der Waals surface area contributed by atoms with Crippen LogP contribution >= 0.6 is 0 Å². The van der Waals surface area contributed by atoms with Crippen molar-refractivity contribution in [2.24, 2.45) is 5.84 Å². The van der Waals surface area contributed by atoms with Crippen LogP contribution in [-0.4, -0.2) is 5.91 Å². The number of carbonyl (C=O) groups excluding carboxylic acids is 1. The average Bonchev–Trinajstić information content (AvgIpc) is 2.49. The SMILES string of the molecule is Cc1ccc(/C=C(\Oc2ccccc2)C(=O)NN)cc1. The van der Waals surface area contributed by atoms with E-state index in [1.54, 1.807) is 18.2 Å². The molecule has 3 N–H and O–H groups in total. The third-order valence-corrected chi connectivity index (χ3v) is 2.70. The molecule has 0 aliphatic carbocycles. The van der Waals surface area contributed by atoms with Crippen molar-refractivity contribution >= 4 is 12.0 Å². The van der Waals surface area contributed by atoms with Gasteiger partial charge >= 0.3 is 5.91 Å². The number of hydrogen-bond acceptors (Lipinski definition) is 3. The van der Waals surface area contributed by atoms with Crippen LogP contribution in [0.1, 0.15) is 11.1 Å². The van der Waals surface area contributed by atoms with Crippen LogP contribution in [-0.2, 0) is 4.79 Å². The number of rotatable bonds is 4. The topological polar surface area (TPSA) is 64.3 Å². The minimum Gasteiger partial charge on any atom is -0.452 e. The van der Waals surface area contributed by atoms with Crippen LogP contribution in [0.25, 0.3) is 6.08 Å². The summed E-state index contributed by atoms with van der Waals surface area (Å²) < 4.78 is 5.57. The molecule has 0 saturated heterocycles. The summed E-state index contributed by atoms with van der Waals surface area (Å²) in [5, 5.41) is 0. The first kappa shape index (κ1) is 13.8. The molecule has 0 heterocycles. The van der Waals surface area contributed by atoms with Crippen molar-refractivity contribution in [1.82, 2.24) is 5.43 Å². The van der Waals surface area contributed by atoms with Crippen LogP contribution < -0.4 is 16.0 Å². The van der Waals surface area contributed by atoms with Crippen molar-refractivity contribution in [3.63, 3.8) is 0 Å². The highest BCUT2D eigenvalue weighted by molar-refractivity contribution is 5.95. The normalized spacial score (nSPS) is 11.0. The van der Waals surface area contributed by atoms with Crippen LogP contribution in [0.2, 0.25) is 0 Å². The Balaban J connectivity index is 2.28. The highest BCUT2D eigenvalue weighted by Crippen LogP contribution is 2.15. The molecule has 0 aliphatic rings. The summed E-state index contributed by atoms with van der Waals surface area (Å²) in [6.07, 6.45) is 1.65. The molecule has 0 aromatic heterocycles. The molecule has 2 aromatic carbocycles. The summed E-state index contributed by atoms with van der Waals surface area (Å²) >= 11 is 0. The van der Waals surface area contributed by atoms with Crippen LogP contribution in [0.5, 0.6) is 5.75 Å². The molecule has 0 unspecified atom stereocenters. The lowest BCUT2D eigenvalue weighted by Gasteiger charge is -2.08. The summed E-state index contributed by atoms with van der Waals surface area (Å²) in [5.41, 5.74) is 4.10. The van der Waals surface area contributed by atoms with Crippen LogP contribution in [0.15, 0.2) is 60.4 Å². The first-order valence-electron chi connectivity index (χ1n) is 6.21. The Bertz CT molecular complexity index is 604. The molecule has 2 rings (SSSR count). The number of para-hydroxylation sites is 1. The molecule has 0 aliphatic heterocycles. The lowest BCUT2D eigenvalue weighted by molar-refractivity contribution is -0.119. The van der Waals surface area contributed by atoms with Gasteiger partial charge in [0.1, 0.15) is 5.75 Å². The number of aryl methyl sites for hydroxylation is 1. The van der Waals surface area contributed by atoms with Gasteiger partial charge in [0.25, 0.3) is 0 Å². The largest absolute Gasteiger partial charge is 0.452 e. The lowest BCUT2D eigenvalue weighted by atomic mass is 10.1. The van der Waals surface area contributed by atoms with Gasteiger partial charge in [-0.25, -0.2) is 5.84 Å². The summed E-state index contributed by atoms with van der Waals surface area (Å²) in [7, 11) is 0. The Kier molecular flexibility index (Phi) is 4.52. The van der Waals surface area contributed by atoms with Crippen LogP contribution in [0.4, 0.5) is 0 Å². The average molecular weight is 268 g/mol. The number of nitrogens with one attached hydrogen (secondary N) is 1. The quantitative estimate of drug-likeness (QED) is 0.294. The maximum Gasteiger partial charge on any atom is 0.300 e. The van der Waals surface area contributed by atoms with E-state index in [1.165, 1.54) is 0 Å². The first-order chi connectivity index (χ1) is 9.69. The van der Waals surface area contributed by atoms with Crippen molar-refractivity contribution in [2.45, 2.75) is 6.92 Å². The Morgan fingerprint density at radius 3 is 2.35 bits per heavy atom. The van der Waals surface area contributed by atoms with Crippen LogP contribution in [0, 0.1) is 6.92 Å². The van der Waals surface area contributed by atoms with Gasteiger partial charge in [0.15, 0.2) is 5.76 Å². The minimum atomic E-state index is -0.477. The van der Waals surface area contributed by atoms with Crippen molar-refractivity contribution < 1.29 is 9.53 Å². The molecule has 0 bridgehead atoms. The molecular weight excluding hydrogens is 252 g/mol. The van der Waals surface area contributed by atoms with E-state index in [1.807, 2.05) is 49.4 Å². The third-order valence-electron chi connectivity index (χ3n) is 2.70. The Morgan fingerprint density at radius 2 is 1.75 bits per heavy atom. The van der Waals surface area contributed by atoms with E-state index in [0.717, 1.165) is 11.1 Å². The number of hydrazine groups is 1. The maximum absolute atomic E-state index is 11.8. The molecule has 0 spiro atoms. The summed E-state index contributed by atoms with van der Waals surface area (Å²) in [6.45, 7) is 2.00. The van der Waals surface area contributed by atoms with Crippen LogP contribution in [0.3, 0.4) is 0 Å². The van der Waals surface area contributed by atoms with Gasteiger partial charge in [-0.2, -0.15) is 0 Å². The molecule has 1 amide bonds. The lowest BCUT2D eigenvalue weighted by Crippen LogP contribution is -2.33. The van der Waals surface area contributed by atoms with Gasteiger partial charge < -0.3 is 4.74 Å². The van der Waals surface area contributed by atoms with E-state index in [9.17, 15) is 4.79 Å². The zero-order valence-electron chi connectivity index (χ0n) is 11.2. The first-order valence-corrected chi connectivity index (χ1v) is 6.21. The Morgan fingerprint density at radius 1 is 1.10 bits per heavy atom. The fourth-order valence-corrected chi connectivity index (χ4v) is 1.64. The van der Waals surface area contributed by atoms with Crippen molar-refractivity contribution in [3.8, 4) is 5.75 Å². The van der Waals surface area contributed by atoms with Gasteiger partial charge in [-0.05, 0) is 30.7 Å². The number of carbonyl (C=O) groups is 1. The van der Waals surface area contributed by atoms with E-state index in [2.05, 4.69) is 5.43 Å². The highest BCUT2D eigenvalue weighted by atomic mass is 16.5. The summed E-state index contributed by atoms with van der Waals surface area (Å²) in [5.74, 6) is 5.43. The number of amides is 1. The zero-order valence-corrected chi connectivity index (χ0v) is 11.2. The molecule has 20 heavy (non-hydrogen) atoms. The van der Waals surface area contributed by atoms with Gasteiger partial charge in [-0.3, -0.25) is 10.2 Å². The standard InChI is InChI=1S/C16H16N2O2/c1-12-7-9-13(10-8-12)11-15(16(19)18-17)20-14-5-3-2-4-6-14/h2-11H,17H2,1H3,(H,18,19)/b15-11-. The maximum atomic E-state index is 11.8. The van der Waals surface area contributed by atoms with E-state index >= 15 is 0 Å². The third kappa shape index (κ3) is 3.70. The van der Waals surface area contributed by atoms with E-state index < -0.39 is 5.91 Å². The second-order valence-corrected chi connectivity index (χ2v) is 4.31. The van der Waals surface area contributed by atoms with Crippen molar-refractivity contribution in [1.29, 1.82) is 0 Å². The fourth-order valence-electron chi connectivity index (χ4n) is 1.64. The Labute approximate surface area is 117 Å². The van der Waals surface area contributed by atoms with Gasteiger partial charge in [0.2, 0.25) is 0 Å². The number of nitrogens with two attached hydrogens (primary N) is 1. The predicted molar refractivity (Wildman–Crippen MR) is 78.6 cm³/mol. The van der Waals surface area contributed by atoms with Gasteiger partial charge in [-0.1, -0.05) is 48.0 Å². The summed E-state index contributed by atoms with van der Waals surface area (Å²) in [4.78, 5) is 11.8. The van der Waals surface area contributed by atoms with E-state index in [4.69, 9.17) is 10.6 Å². The monoisotopic (exact) mass is 268 g/mol. The number of ether oxygens (including phenoxy) is 1. The summed E-state index contributed by atoms with van der Waals surface area (Å²) in [6, 6.07) is 16.8. The minimum absolute atomic E-state index is 0.141. The van der Waals surface area contributed by atoms with Gasteiger partial charge in [0, 0.05) is 0 Å². The molecule has 2 aromatic rings. The predicted octanol–water partition coefficient (Wildman–Crippen LogP) is 2.40. The zero-order chi connectivity index (χ0) is 14.4. The second-order valence-electron chi connectivity index (χ2n) is 4.31. The number of benzene rings is 2. The molecule has 0 fully saturated rings. The molecule has 0 saturated carbocycles. The van der Waals surface area contributed by atoms with E-state index in [0.29, 0.717) is 5.75 Å². The second kappa shape index (κ2) is 6.54. The molecule has 102 valence electrons. The smallest absolute Gasteiger partial charge is 0.300 e. The number of hydrogen-bond donors (Lipinski definition) is 2. The Hall–Kier alpha value is -2.59. The van der Waals surface area contributed by atoms with Gasteiger partial charge in [0.05, 0.1) is 0 Å². The van der Waals surface area contributed by atoms with Gasteiger partial charge in [-0.15, -0.1) is 0 Å². The van der Waals surface area contributed by atoms with E-state index in [-0.39, 0.29) is 5.76 Å². The molecule has 0 atom stereocenters. The molecule has 0 radical (unpaired) electrons. The van der Waals surface area contributed by atoms with Crippen molar-refractivity contribution in [3.05, 3.63) is 71.5 Å². The molecular formula is C16H16N2O2. The van der Waals surface area contributed by atoms with Crippen molar-refractivity contribution in [2.75, 3.05) is 0 Å². The highest BCUT2D eigenvalue weighted by Gasteiger charge is 2.10. The molecule has 4 nitrogen and oxygen atoms in total.